The van der Waals surface area contributed by atoms with Crippen LogP contribution in [0.15, 0.2) is 30.3 Å². The summed E-state index contributed by atoms with van der Waals surface area (Å²) in [6, 6.07) is 10.3. The van der Waals surface area contributed by atoms with Gasteiger partial charge in [-0.15, -0.1) is 0 Å². The van der Waals surface area contributed by atoms with Crippen LogP contribution >= 0.6 is 0 Å². The Morgan fingerprint density at radius 3 is 2.27 bits per heavy atom. The molecule has 30 heavy (non-hydrogen) atoms. The SMILES string of the molecule is COC(=O)CCC(=O)N1CCC([C@H](Cc2ccccc2)N(C)C(=O)CN(C)C)CC1. The minimum atomic E-state index is -0.359. The Morgan fingerprint density at radius 2 is 1.70 bits per heavy atom. The molecule has 1 saturated heterocycles. The second kappa shape index (κ2) is 11.7. The monoisotopic (exact) mass is 417 g/mol. The molecule has 0 N–H and O–H groups in total. The molecule has 7 heteroatoms. The average Bonchev–Trinajstić information content (AvgIpc) is 2.75. The highest BCUT2D eigenvalue weighted by Gasteiger charge is 2.32. The summed E-state index contributed by atoms with van der Waals surface area (Å²) in [5.74, 6) is 0.0705. The number of rotatable bonds is 9. The molecule has 0 radical (unpaired) electrons. The van der Waals surface area contributed by atoms with Gasteiger partial charge in [0, 0.05) is 32.6 Å². The molecule has 0 bridgehead atoms. The van der Waals surface area contributed by atoms with Gasteiger partial charge in [-0.2, -0.15) is 0 Å². The minimum Gasteiger partial charge on any atom is -0.469 e. The number of carbonyl (C=O) groups is 3. The zero-order chi connectivity index (χ0) is 22.1. The summed E-state index contributed by atoms with van der Waals surface area (Å²) in [4.78, 5) is 42.1. The van der Waals surface area contributed by atoms with Gasteiger partial charge in [-0.25, -0.2) is 0 Å². The van der Waals surface area contributed by atoms with Crippen molar-refractivity contribution in [3.05, 3.63) is 35.9 Å². The summed E-state index contributed by atoms with van der Waals surface area (Å²) in [6.07, 6.45) is 2.80. The highest BCUT2D eigenvalue weighted by atomic mass is 16.5. The summed E-state index contributed by atoms with van der Waals surface area (Å²) >= 11 is 0. The van der Waals surface area contributed by atoms with E-state index in [1.54, 1.807) is 0 Å². The first-order valence-electron chi connectivity index (χ1n) is 10.6. The third-order valence-electron chi connectivity index (χ3n) is 5.84. The highest BCUT2D eigenvalue weighted by Crippen LogP contribution is 2.27. The van der Waals surface area contributed by atoms with Gasteiger partial charge in [-0.3, -0.25) is 14.4 Å². The molecule has 0 saturated carbocycles. The molecule has 2 amide bonds. The fraction of sp³-hybridized carbons (Fsp3) is 0.609. The normalized spacial score (nSPS) is 15.7. The number of ether oxygens (including phenoxy) is 1. The van der Waals surface area contributed by atoms with Crippen molar-refractivity contribution in [1.29, 1.82) is 0 Å². The maximum Gasteiger partial charge on any atom is 0.306 e. The standard InChI is InChI=1S/C23H35N3O4/c1-24(2)17-22(28)25(3)20(16-18-8-6-5-7-9-18)19-12-14-26(15-13-19)21(27)10-11-23(29)30-4/h5-9,19-20H,10-17H2,1-4H3/t20-/m0/s1. The van der Waals surface area contributed by atoms with E-state index in [9.17, 15) is 14.4 Å². The van der Waals surface area contributed by atoms with Crippen molar-refractivity contribution in [2.45, 2.75) is 38.1 Å². The number of hydrogen-bond donors (Lipinski definition) is 0. The van der Waals surface area contributed by atoms with E-state index in [0.29, 0.717) is 25.6 Å². The number of carbonyl (C=O) groups excluding carboxylic acids is 3. The number of hydrogen-bond acceptors (Lipinski definition) is 5. The lowest BCUT2D eigenvalue weighted by Gasteiger charge is -2.40. The summed E-state index contributed by atoms with van der Waals surface area (Å²) < 4.78 is 4.62. The number of piperidine rings is 1. The third-order valence-corrected chi connectivity index (χ3v) is 5.84. The van der Waals surface area contributed by atoms with Crippen molar-refractivity contribution in [1.82, 2.24) is 14.7 Å². The Morgan fingerprint density at radius 1 is 1.07 bits per heavy atom. The Labute approximate surface area is 180 Å². The van der Waals surface area contributed by atoms with E-state index in [1.165, 1.54) is 12.7 Å². The van der Waals surface area contributed by atoms with Gasteiger partial charge in [0.2, 0.25) is 11.8 Å². The van der Waals surface area contributed by atoms with E-state index in [1.807, 2.05) is 54.0 Å². The topological polar surface area (TPSA) is 70.2 Å². The van der Waals surface area contributed by atoms with Gasteiger partial charge in [0.15, 0.2) is 0 Å². The van der Waals surface area contributed by atoms with Crippen LogP contribution in [0.1, 0.15) is 31.2 Å². The second-order valence-electron chi connectivity index (χ2n) is 8.29. The Bertz CT molecular complexity index is 700. The maximum atomic E-state index is 12.8. The van der Waals surface area contributed by atoms with E-state index in [2.05, 4.69) is 16.9 Å². The number of amides is 2. The molecule has 2 rings (SSSR count). The lowest BCUT2D eigenvalue weighted by Crippen LogP contribution is -2.50. The summed E-state index contributed by atoms with van der Waals surface area (Å²) in [5, 5.41) is 0. The second-order valence-corrected chi connectivity index (χ2v) is 8.29. The number of likely N-dealkylation sites (tertiary alicyclic amines) is 1. The zero-order valence-electron chi connectivity index (χ0n) is 18.7. The van der Waals surface area contributed by atoms with Gasteiger partial charge in [0.25, 0.3) is 0 Å². The molecule has 0 aliphatic carbocycles. The Balaban J connectivity index is 2.02. The first-order valence-corrected chi connectivity index (χ1v) is 10.6. The molecule has 0 aromatic heterocycles. The number of methoxy groups -OCH3 is 1. The van der Waals surface area contributed by atoms with E-state index >= 15 is 0 Å². The third kappa shape index (κ3) is 7.13. The predicted octanol–water partition coefficient (Wildman–Crippen LogP) is 1.81. The van der Waals surface area contributed by atoms with E-state index in [4.69, 9.17) is 0 Å². The van der Waals surface area contributed by atoms with Crippen LogP contribution in [0.5, 0.6) is 0 Å². The first-order chi connectivity index (χ1) is 14.3. The van der Waals surface area contributed by atoms with Crippen molar-refractivity contribution in [3.63, 3.8) is 0 Å². The number of esters is 1. The molecule has 1 aliphatic rings. The van der Waals surface area contributed by atoms with E-state index in [0.717, 1.165) is 19.3 Å². The first kappa shape index (κ1) is 23.9. The highest BCUT2D eigenvalue weighted by molar-refractivity contribution is 5.81. The van der Waals surface area contributed by atoms with Crippen LogP contribution in [0, 0.1) is 5.92 Å². The lowest BCUT2D eigenvalue weighted by atomic mass is 9.84. The quantitative estimate of drug-likeness (QED) is 0.573. The summed E-state index contributed by atoms with van der Waals surface area (Å²) in [6.45, 7) is 1.70. The van der Waals surface area contributed by atoms with Gasteiger partial charge in [-0.05, 0) is 44.8 Å². The van der Waals surface area contributed by atoms with Gasteiger partial charge < -0.3 is 19.4 Å². The van der Waals surface area contributed by atoms with Crippen LogP contribution in [-0.2, 0) is 25.5 Å². The van der Waals surface area contributed by atoms with Crippen LogP contribution in [0.2, 0.25) is 0 Å². The van der Waals surface area contributed by atoms with E-state index in [-0.39, 0.29) is 36.7 Å². The van der Waals surface area contributed by atoms with Gasteiger partial charge in [0.05, 0.1) is 20.1 Å². The van der Waals surface area contributed by atoms with Crippen molar-refractivity contribution >= 4 is 17.8 Å². The summed E-state index contributed by atoms with van der Waals surface area (Å²) in [7, 11) is 7.03. The van der Waals surface area contributed by atoms with Gasteiger partial charge in [0.1, 0.15) is 0 Å². The van der Waals surface area contributed by atoms with Crippen molar-refractivity contribution in [2.75, 3.05) is 47.9 Å². The fourth-order valence-corrected chi connectivity index (χ4v) is 4.05. The van der Waals surface area contributed by atoms with Crippen molar-refractivity contribution in [2.24, 2.45) is 5.92 Å². The maximum absolute atomic E-state index is 12.8. The summed E-state index contributed by atoms with van der Waals surface area (Å²) in [5.41, 5.74) is 1.21. The smallest absolute Gasteiger partial charge is 0.306 e. The van der Waals surface area contributed by atoms with Crippen molar-refractivity contribution in [3.8, 4) is 0 Å². The molecular formula is C23H35N3O4. The van der Waals surface area contributed by atoms with E-state index < -0.39 is 0 Å². The molecule has 0 spiro atoms. The van der Waals surface area contributed by atoms with Gasteiger partial charge in [-0.1, -0.05) is 30.3 Å². The fourth-order valence-electron chi connectivity index (χ4n) is 4.05. The Hall–Kier alpha value is -2.41. The lowest BCUT2D eigenvalue weighted by molar-refractivity contribution is -0.144. The molecule has 0 unspecified atom stereocenters. The molecule has 1 fully saturated rings. The molecule has 1 atom stereocenters. The molecule has 1 aromatic carbocycles. The number of nitrogens with zero attached hydrogens (tertiary/aromatic N) is 3. The van der Waals surface area contributed by atoms with Crippen molar-refractivity contribution < 1.29 is 19.1 Å². The van der Waals surface area contributed by atoms with Crippen LogP contribution in [0.4, 0.5) is 0 Å². The van der Waals surface area contributed by atoms with Crippen LogP contribution in [-0.4, -0.2) is 86.4 Å². The molecule has 1 aliphatic heterocycles. The Kier molecular flexibility index (Phi) is 9.30. The molecule has 7 nitrogen and oxygen atoms in total. The molecule has 166 valence electrons. The van der Waals surface area contributed by atoms with Crippen LogP contribution in [0.3, 0.4) is 0 Å². The molecule has 1 heterocycles. The number of likely N-dealkylation sites (N-methyl/N-ethyl adjacent to an activating group) is 2. The predicted molar refractivity (Wildman–Crippen MR) is 116 cm³/mol. The largest absolute Gasteiger partial charge is 0.469 e. The molecule has 1 aromatic rings. The van der Waals surface area contributed by atoms with Gasteiger partial charge >= 0.3 is 5.97 Å². The number of benzene rings is 1. The molecular weight excluding hydrogens is 382 g/mol. The van der Waals surface area contributed by atoms with Crippen LogP contribution < -0.4 is 0 Å². The average molecular weight is 418 g/mol. The van der Waals surface area contributed by atoms with Crippen LogP contribution in [0.25, 0.3) is 0 Å². The minimum absolute atomic E-state index is 0.00417. The zero-order valence-corrected chi connectivity index (χ0v) is 18.7.